The molecule has 6 heteroatoms. The van der Waals surface area contributed by atoms with E-state index in [1.54, 1.807) is 0 Å². The number of halogens is 1. The molecular formula is C14H18BrN3O2. The number of carbonyl (C=O) groups excluding carboxylic acids is 2. The number of nitrogens with one attached hydrogen (secondary N) is 2. The van der Waals surface area contributed by atoms with Gasteiger partial charge in [0.25, 0.3) is 0 Å². The molecule has 1 atom stereocenters. The minimum Gasteiger partial charge on any atom is -0.329 e. The third kappa shape index (κ3) is 4.05. The van der Waals surface area contributed by atoms with Crippen LogP contribution < -0.4 is 10.6 Å². The summed E-state index contributed by atoms with van der Waals surface area (Å²) in [6.07, 6.45) is 0.902. The lowest BCUT2D eigenvalue weighted by atomic mass is 10.1. The maximum atomic E-state index is 11.4. The van der Waals surface area contributed by atoms with E-state index in [1.807, 2.05) is 12.1 Å². The van der Waals surface area contributed by atoms with Gasteiger partial charge in [-0.15, -0.1) is 0 Å². The minimum atomic E-state index is -0.295. The maximum absolute atomic E-state index is 11.4. The second kappa shape index (κ2) is 6.85. The van der Waals surface area contributed by atoms with Crippen LogP contribution in [0.4, 0.5) is 4.79 Å². The van der Waals surface area contributed by atoms with Gasteiger partial charge in [-0.1, -0.05) is 28.1 Å². The van der Waals surface area contributed by atoms with Gasteiger partial charge in [-0.2, -0.15) is 0 Å². The van der Waals surface area contributed by atoms with E-state index in [-0.39, 0.29) is 24.5 Å². The molecular weight excluding hydrogens is 322 g/mol. The number of urea groups is 1. The lowest BCUT2D eigenvalue weighted by Crippen LogP contribution is -2.39. The van der Waals surface area contributed by atoms with E-state index in [2.05, 4.69) is 45.6 Å². The Balaban J connectivity index is 1.74. The summed E-state index contributed by atoms with van der Waals surface area (Å²) in [5.41, 5.74) is 1.24. The molecule has 2 N–H and O–H groups in total. The van der Waals surface area contributed by atoms with Crippen molar-refractivity contribution >= 4 is 27.9 Å². The number of imide groups is 1. The van der Waals surface area contributed by atoms with E-state index in [4.69, 9.17) is 0 Å². The molecule has 0 saturated carbocycles. The van der Waals surface area contributed by atoms with E-state index in [0.717, 1.165) is 10.9 Å². The van der Waals surface area contributed by atoms with Crippen molar-refractivity contribution in [2.24, 2.45) is 0 Å². The summed E-state index contributed by atoms with van der Waals surface area (Å²) in [6.45, 7) is 3.22. The summed E-state index contributed by atoms with van der Waals surface area (Å²) >= 11 is 3.45. The van der Waals surface area contributed by atoms with Gasteiger partial charge in [0.15, 0.2) is 0 Å². The van der Waals surface area contributed by atoms with Crippen molar-refractivity contribution in [1.29, 1.82) is 0 Å². The molecule has 1 unspecified atom stereocenters. The lowest BCUT2D eigenvalue weighted by molar-refractivity contribution is -0.124. The first kappa shape index (κ1) is 15.0. The molecule has 20 heavy (non-hydrogen) atoms. The smallest absolute Gasteiger partial charge is 0.324 e. The number of benzene rings is 1. The first-order valence-electron chi connectivity index (χ1n) is 6.62. The van der Waals surface area contributed by atoms with Gasteiger partial charge in [-0.25, -0.2) is 4.79 Å². The quantitative estimate of drug-likeness (QED) is 0.772. The van der Waals surface area contributed by atoms with Crippen LogP contribution in [0.1, 0.15) is 12.5 Å². The number of carbonyl (C=O) groups is 2. The number of hydrogen-bond acceptors (Lipinski definition) is 3. The maximum Gasteiger partial charge on any atom is 0.324 e. The van der Waals surface area contributed by atoms with Crippen LogP contribution >= 0.6 is 15.9 Å². The Labute approximate surface area is 126 Å². The zero-order chi connectivity index (χ0) is 14.5. The zero-order valence-corrected chi connectivity index (χ0v) is 12.9. The summed E-state index contributed by atoms with van der Waals surface area (Å²) in [5.74, 6) is -0.156. The van der Waals surface area contributed by atoms with Crippen molar-refractivity contribution in [3.8, 4) is 0 Å². The monoisotopic (exact) mass is 339 g/mol. The lowest BCUT2D eigenvalue weighted by Gasteiger charge is -2.17. The SMILES string of the molecule is CC(Cc1cccc(Br)c1)NCCN1C(=O)CNC1=O. The molecule has 0 bridgehead atoms. The summed E-state index contributed by atoms with van der Waals surface area (Å²) in [6, 6.07) is 8.18. The van der Waals surface area contributed by atoms with Crippen LogP contribution in [0.15, 0.2) is 28.7 Å². The van der Waals surface area contributed by atoms with Gasteiger partial charge in [0, 0.05) is 23.6 Å². The number of rotatable bonds is 6. The van der Waals surface area contributed by atoms with Crippen molar-refractivity contribution in [2.75, 3.05) is 19.6 Å². The Morgan fingerprint density at radius 1 is 1.45 bits per heavy atom. The highest BCUT2D eigenvalue weighted by Gasteiger charge is 2.27. The van der Waals surface area contributed by atoms with Gasteiger partial charge >= 0.3 is 6.03 Å². The second-order valence-corrected chi connectivity index (χ2v) is 5.81. The number of amides is 3. The molecule has 1 aromatic carbocycles. The Hall–Kier alpha value is -1.40. The normalized spacial score (nSPS) is 16.4. The summed E-state index contributed by atoms with van der Waals surface area (Å²) < 4.78 is 1.07. The molecule has 2 rings (SSSR count). The molecule has 108 valence electrons. The molecule has 1 saturated heterocycles. The van der Waals surface area contributed by atoms with Crippen LogP contribution in [0.3, 0.4) is 0 Å². The first-order chi connectivity index (χ1) is 9.56. The molecule has 1 heterocycles. The van der Waals surface area contributed by atoms with Gasteiger partial charge in [-0.3, -0.25) is 9.69 Å². The molecule has 3 amide bonds. The van der Waals surface area contributed by atoms with E-state index in [0.29, 0.717) is 13.1 Å². The van der Waals surface area contributed by atoms with Crippen molar-refractivity contribution in [1.82, 2.24) is 15.5 Å². The molecule has 0 aliphatic carbocycles. The first-order valence-corrected chi connectivity index (χ1v) is 7.41. The topological polar surface area (TPSA) is 61.4 Å². The Morgan fingerprint density at radius 3 is 2.90 bits per heavy atom. The fourth-order valence-corrected chi connectivity index (χ4v) is 2.64. The Morgan fingerprint density at radius 2 is 2.25 bits per heavy atom. The van der Waals surface area contributed by atoms with Gasteiger partial charge in [-0.05, 0) is 31.0 Å². The predicted octanol–water partition coefficient (Wildman–Crippen LogP) is 1.52. The average Bonchev–Trinajstić information content (AvgIpc) is 2.70. The fourth-order valence-electron chi connectivity index (χ4n) is 2.19. The van der Waals surface area contributed by atoms with Gasteiger partial charge < -0.3 is 10.6 Å². The minimum absolute atomic E-state index is 0.117. The molecule has 1 aliphatic heterocycles. The van der Waals surface area contributed by atoms with Crippen LogP contribution in [0.5, 0.6) is 0 Å². The van der Waals surface area contributed by atoms with E-state index in [1.165, 1.54) is 10.5 Å². The standard InChI is InChI=1S/C14H18BrN3O2/c1-10(7-11-3-2-4-12(15)8-11)16-5-6-18-13(19)9-17-14(18)20/h2-4,8,10,16H,5-7,9H2,1H3,(H,17,20). The average molecular weight is 340 g/mol. The van der Waals surface area contributed by atoms with Crippen molar-refractivity contribution in [3.05, 3.63) is 34.3 Å². The Bertz CT molecular complexity index is 491. The Kier molecular flexibility index (Phi) is 5.14. The van der Waals surface area contributed by atoms with Crippen molar-refractivity contribution in [2.45, 2.75) is 19.4 Å². The molecule has 0 spiro atoms. The van der Waals surface area contributed by atoms with Gasteiger partial charge in [0.05, 0.1) is 6.54 Å². The second-order valence-electron chi connectivity index (χ2n) is 4.89. The van der Waals surface area contributed by atoms with Crippen LogP contribution in [0, 0.1) is 0 Å². The van der Waals surface area contributed by atoms with Crippen LogP contribution in [-0.2, 0) is 11.2 Å². The highest BCUT2D eigenvalue weighted by molar-refractivity contribution is 9.10. The highest BCUT2D eigenvalue weighted by Crippen LogP contribution is 2.13. The fraction of sp³-hybridized carbons (Fsp3) is 0.429. The molecule has 0 aromatic heterocycles. The molecule has 1 aromatic rings. The largest absolute Gasteiger partial charge is 0.329 e. The predicted molar refractivity (Wildman–Crippen MR) is 80.4 cm³/mol. The third-order valence-corrected chi connectivity index (χ3v) is 3.69. The highest BCUT2D eigenvalue weighted by atomic mass is 79.9. The molecule has 1 fully saturated rings. The summed E-state index contributed by atoms with van der Waals surface area (Å²) in [5, 5.41) is 5.84. The summed E-state index contributed by atoms with van der Waals surface area (Å²) in [4.78, 5) is 24.0. The van der Waals surface area contributed by atoms with Crippen LogP contribution in [0.25, 0.3) is 0 Å². The van der Waals surface area contributed by atoms with Gasteiger partial charge in [0.1, 0.15) is 0 Å². The van der Waals surface area contributed by atoms with Crippen molar-refractivity contribution in [3.63, 3.8) is 0 Å². The zero-order valence-electron chi connectivity index (χ0n) is 11.4. The van der Waals surface area contributed by atoms with E-state index < -0.39 is 0 Å². The van der Waals surface area contributed by atoms with Crippen LogP contribution in [0.2, 0.25) is 0 Å². The van der Waals surface area contributed by atoms with E-state index in [9.17, 15) is 9.59 Å². The van der Waals surface area contributed by atoms with E-state index >= 15 is 0 Å². The third-order valence-electron chi connectivity index (χ3n) is 3.20. The molecule has 0 radical (unpaired) electrons. The van der Waals surface area contributed by atoms with Crippen molar-refractivity contribution < 1.29 is 9.59 Å². The molecule has 1 aliphatic rings. The molecule has 5 nitrogen and oxygen atoms in total. The number of hydrogen-bond donors (Lipinski definition) is 2. The van der Waals surface area contributed by atoms with Crippen LogP contribution in [-0.4, -0.2) is 42.5 Å². The number of nitrogens with zero attached hydrogens (tertiary/aromatic N) is 1. The summed E-state index contributed by atoms with van der Waals surface area (Å²) in [7, 11) is 0. The van der Waals surface area contributed by atoms with Gasteiger partial charge in [0.2, 0.25) is 5.91 Å².